The predicted molar refractivity (Wildman–Crippen MR) is 137 cm³/mol. The van der Waals surface area contributed by atoms with E-state index in [2.05, 4.69) is 32.0 Å². The van der Waals surface area contributed by atoms with Gasteiger partial charge in [0, 0.05) is 19.4 Å². The van der Waals surface area contributed by atoms with Gasteiger partial charge in [0.15, 0.2) is 5.78 Å². The zero-order valence-corrected chi connectivity index (χ0v) is 23.9. The fraction of sp³-hybridized carbons (Fsp3) is 0.720. The fourth-order valence-corrected chi connectivity index (χ4v) is 3.85. The third-order valence-corrected chi connectivity index (χ3v) is 6.49. The van der Waals surface area contributed by atoms with Crippen molar-refractivity contribution in [3.05, 3.63) is 11.9 Å². The number of esters is 1. The molecule has 0 unspecified atom stereocenters. The topological polar surface area (TPSA) is 198 Å². The van der Waals surface area contributed by atoms with Gasteiger partial charge in [-0.2, -0.15) is 0 Å². The number of carbonyl (C=O) groups is 5. The van der Waals surface area contributed by atoms with Gasteiger partial charge >= 0.3 is 5.97 Å². The number of quaternary nitrogens is 1. The quantitative estimate of drug-likeness (QED) is 0.327. The Morgan fingerprint density at radius 1 is 1.21 bits per heavy atom. The minimum absolute atomic E-state index is 0.00477. The Morgan fingerprint density at radius 3 is 2.51 bits per heavy atom. The molecule has 1 aromatic heterocycles. The largest absolute Gasteiger partial charge is 0.467 e. The van der Waals surface area contributed by atoms with Crippen LogP contribution in [0.1, 0.15) is 66.5 Å². The second-order valence-electron chi connectivity index (χ2n) is 11.6. The van der Waals surface area contributed by atoms with Gasteiger partial charge in [0.1, 0.15) is 28.9 Å². The van der Waals surface area contributed by atoms with Crippen molar-refractivity contribution in [1.82, 2.24) is 30.9 Å². The van der Waals surface area contributed by atoms with E-state index >= 15 is 0 Å². The fourth-order valence-electron chi connectivity index (χ4n) is 3.85. The normalized spacial score (nSPS) is 23.3. The molecule has 14 heteroatoms. The summed E-state index contributed by atoms with van der Waals surface area (Å²) in [6, 6.07) is -1.73. The van der Waals surface area contributed by atoms with Crippen LogP contribution < -0.4 is 21.7 Å². The minimum atomic E-state index is -1.46. The maximum atomic E-state index is 13.3. The highest BCUT2D eigenvalue weighted by atomic mass is 16.5. The summed E-state index contributed by atoms with van der Waals surface area (Å²) in [6.07, 6.45) is 2.77. The van der Waals surface area contributed by atoms with E-state index in [1.54, 1.807) is 24.7 Å². The van der Waals surface area contributed by atoms with E-state index in [0.717, 1.165) is 0 Å². The summed E-state index contributed by atoms with van der Waals surface area (Å²) >= 11 is 0. The molecule has 0 fully saturated rings. The van der Waals surface area contributed by atoms with E-state index in [-0.39, 0.29) is 25.4 Å². The lowest BCUT2D eigenvalue weighted by molar-refractivity contribution is -0.405. The number of carbonyl (C=O) groups excluding carboxylic acids is 5. The number of hydrogen-bond donors (Lipinski definition) is 4. The lowest BCUT2D eigenvalue weighted by atomic mass is 9.83. The molecule has 0 saturated carbocycles. The summed E-state index contributed by atoms with van der Waals surface area (Å²) in [4.78, 5) is 64.4. The number of nitrogens with one attached hydrogen (secondary N) is 3. The van der Waals surface area contributed by atoms with Crippen molar-refractivity contribution in [1.29, 1.82) is 0 Å². The molecule has 14 nitrogen and oxygen atoms in total. The average molecular weight is 553 g/mol. The van der Waals surface area contributed by atoms with E-state index in [0.29, 0.717) is 25.1 Å². The Labute approximate surface area is 228 Å². The Morgan fingerprint density at radius 2 is 1.87 bits per heavy atom. The average Bonchev–Trinajstić information content (AvgIpc) is 3.28. The number of aromatic nitrogens is 3. The van der Waals surface area contributed by atoms with Gasteiger partial charge in [0.2, 0.25) is 17.7 Å². The molecule has 1 aliphatic heterocycles. The van der Waals surface area contributed by atoms with Crippen LogP contribution in [-0.2, 0) is 46.6 Å². The third-order valence-electron chi connectivity index (χ3n) is 6.49. The van der Waals surface area contributed by atoms with Gasteiger partial charge in [0.25, 0.3) is 0 Å². The number of nitrogens with zero attached hydrogens (tertiary/aromatic N) is 3. The van der Waals surface area contributed by atoms with Gasteiger partial charge in [-0.15, -0.1) is 5.10 Å². The number of amides is 3. The smallest absolute Gasteiger partial charge is 0.330 e. The Balaban J connectivity index is 2.33. The van der Waals surface area contributed by atoms with Crippen molar-refractivity contribution in [3.8, 4) is 0 Å². The summed E-state index contributed by atoms with van der Waals surface area (Å²) in [5.41, 5.74) is 0.519. The number of hydrogen-bond acceptors (Lipinski definition) is 9. The van der Waals surface area contributed by atoms with Crippen LogP contribution in [0.5, 0.6) is 0 Å². The van der Waals surface area contributed by atoms with Crippen LogP contribution in [0, 0.1) is 5.41 Å². The van der Waals surface area contributed by atoms with Crippen LogP contribution >= 0.6 is 0 Å². The maximum absolute atomic E-state index is 13.3. The molecule has 39 heavy (non-hydrogen) atoms. The van der Waals surface area contributed by atoms with Crippen molar-refractivity contribution in [2.75, 3.05) is 13.7 Å². The highest BCUT2D eigenvalue weighted by Crippen LogP contribution is 2.23. The predicted octanol–water partition coefficient (Wildman–Crippen LogP) is -1.37. The van der Waals surface area contributed by atoms with Crippen molar-refractivity contribution < 1.29 is 39.2 Å². The maximum Gasteiger partial charge on any atom is 0.330 e. The molecule has 218 valence electrons. The zero-order chi connectivity index (χ0) is 29.6. The number of rotatable bonds is 3. The van der Waals surface area contributed by atoms with Gasteiger partial charge in [0.05, 0.1) is 31.9 Å². The molecule has 6 N–H and O–H groups in total. The van der Waals surface area contributed by atoms with Crippen LogP contribution in [-0.4, -0.2) is 81.3 Å². The molecule has 0 spiro atoms. The zero-order valence-electron chi connectivity index (χ0n) is 23.9. The molecule has 3 amide bonds. The summed E-state index contributed by atoms with van der Waals surface area (Å²) in [5, 5.41) is 16.0. The van der Waals surface area contributed by atoms with Crippen molar-refractivity contribution in [3.63, 3.8) is 0 Å². The first kappa shape index (κ1) is 31.8. The number of Topliss-reactive ketones (excluding diaryl/α,β-unsaturated/α-hetero) is 1. The Hall–Kier alpha value is -3.39. The molecule has 0 aliphatic carbocycles. The molecule has 0 aromatic carbocycles. The van der Waals surface area contributed by atoms with Crippen LogP contribution in [0.3, 0.4) is 0 Å². The lowest BCUT2D eigenvalue weighted by Gasteiger charge is -2.33. The molecule has 2 heterocycles. The van der Waals surface area contributed by atoms with Gasteiger partial charge in [-0.1, -0.05) is 19.1 Å². The Bertz CT molecular complexity index is 1080. The standard InChI is InChI=1S/C25H41N7O7/c1-23(2)11-18(33)16(26)9-8-10-32-12-15(30-31-32)13-39-14-17(19(34)28-25(5,6)22(37)38-7)27-21(36)24(3,4)29-20(23)35/h12,16-17H,8-11,13-14,26H2,1-7H3,(H,27,36)(H,28,34)(H,29,35)/p+1/t16-,17-/m0/s1. The molecule has 1 aromatic rings. The van der Waals surface area contributed by atoms with Crippen molar-refractivity contribution in [2.24, 2.45) is 5.41 Å². The highest BCUT2D eigenvalue weighted by molar-refractivity contribution is 5.97. The number of ketones is 1. The highest BCUT2D eigenvalue weighted by Gasteiger charge is 2.40. The first-order valence-corrected chi connectivity index (χ1v) is 12.8. The summed E-state index contributed by atoms with van der Waals surface area (Å²) in [7, 11) is 1.20. The summed E-state index contributed by atoms with van der Waals surface area (Å²) < 4.78 is 12.0. The SMILES string of the molecule is COC(=O)C(C)(C)NC(=O)[C@@H]1COCc2cn(nn2)CCC[C@H]([NH3+])C(=O)CC(C)(C)C(=O)NC(C)(C)C(=O)N1. The van der Waals surface area contributed by atoms with Crippen LogP contribution in [0.2, 0.25) is 0 Å². The Kier molecular flexibility index (Phi) is 10.3. The van der Waals surface area contributed by atoms with E-state index < -0.39 is 52.3 Å². The van der Waals surface area contributed by atoms with Crippen LogP contribution in [0.4, 0.5) is 0 Å². The van der Waals surface area contributed by atoms with Gasteiger partial charge in [-0.3, -0.25) is 23.9 Å². The second-order valence-corrected chi connectivity index (χ2v) is 11.6. The van der Waals surface area contributed by atoms with Crippen LogP contribution in [0.25, 0.3) is 0 Å². The minimum Gasteiger partial charge on any atom is -0.467 e. The molecular weight excluding hydrogens is 510 g/mol. The summed E-state index contributed by atoms with van der Waals surface area (Å²) in [5.74, 6) is -2.70. The van der Waals surface area contributed by atoms with Crippen molar-refractivity contribution in [2.45, 2.75) is 97.1 Å². The lowest BCUT2D eigenvalue weighted by Crippen LogP contribution is -2.66. The first-order valence-electron chi connectivity index (χ1n) is 12.8. The molecule has 0 saturated heterocycles. The molecule has 1 aliphatic rings. The molecule has 2 bridgehead atoms. The molecule has 2 atom stereocenters. The van der Waals surface area contributed by atoms with Gasteiger partial charge in [-0.05, 0) is 34.1 Å². The van der Waals surface area contributed by atoms with E-state index in [1.165, 1.54) is 34.8 Å². The number of fused-ring (bicyclic) bond motifs is 2. The number of methoxy groups -OCH3 is 1. The van der Waals surface area contributed by atoms with E-state index in [4.69, 9.17) is 9.47 Å². The summed E-state index contributed by atoms with van der Waals surface area (Å²) in [6.45, 7) is 9.40. The van der Waals surface area contributed by atoms with Crippen molar-refractivity contribution >= 4 is 29.5 Å². The van der Waals surface area contributed by atoms with Crippen LogP contribution in [0.15, 0.2) is 6.20 Å². The van der Waals surface area contributed by atoms with E-state index in [1.807, 2.05) is 0 Å². The van der Waals surface area contributed by atoms with Gasteiger partial charge < -0.3 is 31.2 Å². The first-order chi connectivity index (χ1) is 18.0. The second kappa shape index (κ2) is 12.6. The van der Waals surface area contributed by atoms with E-state index in [9.17, 15) is 24.0 Å². The molecule has 0 radical (unpaired) electrons. The monoisotopic (exact) mass is 552 g/mol. The number of ether oxygens (including phenoxy) is 2. The van der Waals surface area contributed by atoms with Gasteiger partial charge in [-0.25, -0.2) is 4.79 Å². The number of aryl methyl sites for hydroxylation is 1. The molecular formula is C25H42N7O7+. The molecule has 2 rings (SSSR count). The third kappa shape index (κ3) is 8.82.